The number of benzene rings is 1. The molecule has 25 heavy (non-hydrogen) atoms. The third-order valence-electron chi connectivity index (χ3n) is 5.28. The maximum atomic E-state index is 10.4. The van der Waals surface area contributed by atoms with E-state index >= 15 is 0 Å². The van der Waals surface area contributed by atoms with Crippen molar-refractivity contribution >= 4 is 18.4 Å². The van der Waals surface area contributed by atoms with Gasteiger partial charge in [0.15, 0.2) is 0 Å². The van der Waals surface area contributed by atoms with E-state index in [2.05, 4.69) is 55.2 Å². The molecule has 1 aromatic carbocycles. The van der Waals surface area contributed by atoms with Crippen LogP contribution in [0.1, 0.15) is 71.3 Å². The van der Waals surface area contributed by atoms with E-state index in [-0.39, 0.29) is 6.10 Å². The van der Waals surface area contributed by atoms with Crippen LogP contribution in [0.2, 0.25) is 13.3 Å². The molecule has 0 aliphatic rings. The summed E-state index contributed by atoms with van der Waals surface area (Å²) in [4.78, 5) is 0. The van der Waals surface area contributed by atoms with Gasteiger partial charge in [0.2, 0.25) is 0 Å². The molecule has 1 aromatic rings. The van der Waals surface area contributed by atoms with Gasteiger partial charge in [-0.1, -0.05) is 0 Å². The van der Waals surface area contributed by atoms with Gasteiger partial charge < -0.3 is 0 Å². The molecule has 142 valence electrons. The van der Waals surface area contributed by atoms with Crippen LogP contribution < -0.4 is 0 Å². The molecule has 0 saturated carbocycles. The van der Waals surface area contributed by atoms with Crippen molar-refractivity contribution in [2.24, 2.45) is 0 Å². The molecule has 2 heteroatoms. The number of hydrogen-bond donors (Lipinski definition) is 1. The van der Waals surface area contributed by atoms with Crippen molar-refractivity contribution in [2.45, 2.75) is 91.6 Å². The third-order valence-corrected chi connectivity index (χ3v) is 19.5. The van der Waals surface area contributed by atoms with Crippen molar-refractivity contribution in [1.29, 1.82) is 0 Å². The van der Waals surface area contributed by atoms with Crippen molar-refractivity contribution in [2.75, 3.05) is 0 Å². The van der Waals surface area contributed by atoms with Crippen molar-refractivity contribution in [1.82, 2.24) is 0 Å². The first-order chi connectivity index (χ1) is 12.2. The van der Waals surface area contributed by atoms with E-state index in [1.807, 2.05) is 6.07 Å². The summed E-state index contributed by atoms with van der Waals surface area (Å²) in [6, 6.07) is 10.4. The molecule has 1 N–H and O–H groups in total. The van der Waals surface area contributed by atoms with E-state index in [9.17, 15) is 5.11 Å². The summed E-state index contributed by atoms with van der Waals surface area (Å²) >= 11 is -2.16. The fourth-order valence-corrected chi connectivity index (χ4v) is 18.1. The molecule has 0 aliphatic heterocycles. The Kier molecular flexibility index (Phi) is 12.6. The molecule has 0 saturated heterocycles. The number of unbranched alkanes of at least 4 members (excludes halogenated alkanes) is 3. The van der Waals surface area contributed by atoms with E-state index in [1.165, 1.54) is 57.4 Å². The summed E-state index contributed by atoms with van der Waals surface area (Å²) in [5.74, 6) is 0. The Balaban J connectivity index is 2.66. The van der Waals surface area contributed by atoms with Crippen LogP contribution in [0.5, 0.6) is 0 Å². The summed E-state index contributed by atoms with van der Waals surface area (Å²) in [5.41, 5.74) is 1.24. The second-order valence-corrected chi connectivity index (χ2v) is 20.7. The number of aliphatic hydroxyl groups is 1. The molecular weight excluding hydrogens is 411 g/mol. The van der Waals surface area contributed by atoms with Crippen molar-refractivity contribution in [3.05, 3.63) is 46.1 Å². The maximum absolute atomic E-state index is 10.4. The van der Waals surface area contributed by atoms with E-state index in [1.54, 1.807) is 0 Å². The van der Waals surface area contributed by atoms with Crippen LogP contribution in [0.4, 0.5) is 0 Å². The Morgan fingerprint density at radius 1 is 0.880 bits per heavy atom. The molecule has 0 radical (unpaired) electrons. The molecule has 0 spiro atoms. The topological polar surface area (TPSA) is 20.2 Å². The monoisotopic (exact) mass is 452 g/mol. The first-order valence-electron chi connectivity index (χ1n) is 10.6. The van der Waals surface area contributed by atoms with Gasteiger partial charge in [-0.25, -0.2) is 0 Å². The molecule has 1 atom stereocenters. The predicted molar refractivity (Wildman–Crippen MR) is 115 cm³/mol. The van der Waals surface area contributed by atoms with Gasteiger partial charge in [-0.05, 0) is 0 Å². The number of aliphatic hydroxyl groups excluding tert-OH is 1. The molecule has 1 rings (SSSR count). The minimum absolute atomic E-state index is 0.244. The first-order valence-corrected chi connectivity index (χ1v) is 18.3. The molecule has 0 heterocycles. The molecule has 0 unspecified atom stereocenters. The Morgan fingerprint density at radius 2 is 1.40 bits per heavy atom. The summed E-state index contributed by atoms with van der Waals surface area (Å²) in [6.45, 7) is 6.97. The average Bonchev–Trinajstić information content (AvgIpc) is 2.63. The van der Waals surface area contributed by atoms with Gasteiger partial charge in [0.05, 0.1) is 0 Å². The van der Waals surface area contributed by atoms with Crippen LogP contribution in [0, 0.1) is 0 Å². The minimum atomic E-state index is -2.16. The predicted octanol–water partition coefficient (Wildman–Crippen LogP) is 6.92. The zero-order valence-electron chi connectivity index (χ0n) is 16.8. The van der Waals surface area contributed by atoms with E-state index in [4.69, 9.17) is 0 Å². The van der Waals surface area contributed by atoms with Gasteiger partial charge in [-0.3, -0.25) is 0 Å². The van der Waals surface area contributed by atoms with Gasteiger partial charge in [-0.15, -0.1) is 0 Å². The van der Waals surface area contributed by atoms with Gasteiger partial charge >= 0.3 is 161 Å². The average molecular weight is 451 g/mol. The third kappa shape index (κ3) is 9.84. The molecule has 1 nitrogen and oxygen atoms in total. The van der Waals surface area contributed by atoms with E-state index in [0.717, 1.165) is 12.8 Å². The second kappa shape index (κ2) is 13.9. The second-order valence-electron chi connectivity index (χ2n) is 7.65. The first kappa shape index (κ1) is 22.8. The standard InChI is InChI=1S/C11H13O.3C4H9.Sn/c1-2-6-11(12)9-10-7-4-3-5-8-10;3*1-3-4-2;/h1-5,7-8,11-12H,6,9H2;3*1,3-4H2,2H3;/t11-;;;;/m1..../s1. The van der Waals surface area contributed by atoms with Crippen LogP contribution in [-0.4, -0.2) is 29.6 Å². The summed E-state index contributed by atoms with van der Waals surface area (Å²) in [6.07, 6.45) is 11.9. The number of rotatable bonds is 14. The zero-order chi connectivity index (χ0) is 18.4. The summed E-state index contributed by atoms with van der Waals surface area (Å²) in [5, 5.41) is 10.4. The normalized spacial score (nSPS) is 13.4. The molecular formula is C23H40OSn. The van der Waals surface area contributed by atoms with Crippen LogP contribution >= 0.6 is 0 Å². The molecule has 0 fully saturated rings. The fraction of sp³-hybridized carbons (Fsp3) is 0.652. The van der Waals surface area contributed by atoms with Gasteiger partial charge in [0.1, 0.15) is 0 Å². The Hall–Kier alpha value is -0.281. The molecule has 0 bridgehead atoms. The van der Waals surface area contributed by atoms with Gasteiger partial charge in [0.25, 0.3) is 0 Å². The zero-order valence-corrected chi connectivity index (χ0v) is 19.7. The Morgan fingerprint density at radius 3 is 1.88 bits per heavy atom. The van der Waals surface area contributed by atoms with Crippen molar-refractivity contribution in [3.63, 3.8) is 0 Å². The molecule has 0 aliphatic carbocycles. The van der Waals surface area contributed by atoms with Crippen molar-refractivity contribution in [3.8, 4) is 0 Å². The van der Waals surface area contributed by atoms with Gasteiger partial charge in [-0.2, -0.15) is 0 Å². The van der Waals surface area contributed by atoms with Crippen LogP contribution in [-0.2, 0) is 6.42 Å². The molecule has 0 amide bonds. The van der Waals surface area contributed by atoms with Crippen LogP contribution in [0.25, 0.3) is 0 Å². The summed E-state index contributed by atoms with van der Waals surface area (Å²) < 4.78 is 7.22. The van der Waals surface area contributed by atoms with Gasteiger partial charge in [0, 0.05) is 0 Å². The van der Waals surface area contributed by atoms with E-state index < -0.39 is 18.4 Å². The molecule has 0 aromatic heterocycles. The summed E-state index contributed by atoms with van der Waals surface area (Å²) in [7, 11) is 0. The van der Waals surface area contributed by atoms with Crippen LogP contribution in [0.3, 0.4) is 0 Å². The Bertz CT molecular complexity index is 433. The number of hydrogen-bond acceptors (Lipinski definition) is 1. The van der Waals surface area contributed by atoms with E-state index in [0.29, 0.717) is 0 Å². The van der Waals surface area contributed by atoms with Crippen LogP contribution in [0.15, 0.2) is 40.5 Å². The SMILES string of the molecule is CCC[CH2][Sn](/[CH]=C/C[C@@H](O)Cc1ccccc1)([CH2]CCC)[CH2]CCC. The fourth-order valence-electron chi connectivity index (χ4n) is 3.66. The Labute approximate surface area is 160 Å². The van der Waals surface area contributed by atoms with Crippen molar-refractivity contribution < 1.29 is 5.11 Å². The quantitative estimate of drug-likeness (QED) is 0.305.